The quantitative estimate of drug-likeness (QED) is 0.742. The molecule has 3 aliphatic heterocycles. The van der Waals surface area contributed by atoms with Crippen molar-refractivity contribution in [3.05, 3.63) is 12.2 Å². The lowest BCUT2D eigenvalue weighted by atomic mass is 9.77. The predicted molar refractivity (Wildman–Crippen MR) is 62.8 cm³/mol. The Labute approximate surface area is 105 Å². The number of carbonyl (C=O) groups is 2. The van der Waals surface area contributed by atoms with Crippen molar-refractivity contribution in [2.24, 2.45) is 17.8 Å². The molecule has 1 N–H and O–H groups in total. The molecule has 2 fully saturated rings. The lowest BCUT2D eigenvalue weighted by molar-refractivity contribution is -0.148. The molecule has 1 amide bonds. The maximum atomic E-state index is 12.4. The number of rotatable bonds is 3. The maximum Gasteiger partial charge on any atom is 0.310 e. The second-order valence-corrected chi connectivity index (χ2v) is 5.85. The van der Waals surface area contributed by atoms with Crippen LogP contribution in [0.3, 0.4) is 0 Å². The number of hydrogen-bond donors (Lipinski definition) is 1. The van der Waals surface area contributed by atoms with Gasteiger partial charge in [0.1, 0.15) is 11.5 Å². The SMILES string of the molecule is CC(C)CN1CC23C=CC(O2)C(C(=O)O)C3C1=O. The molecule has 0 aromatic carbocycles. The minimum Gasteiger partial charge on any atom is -0.481 e. The Morgan fingerprint density at radius 3 is 3.00 bits per heavy atom. The van der Waals surface area contributed by atoms with Gasteiger partial charge in [0.25, 0.3) is 0 Å². The molecule has 4 unspecified atom stereocenters. The summed E-state index contributed by atoms with van der Waals surface area (Å²) in [5.74, 6) is -1.89. The zero-order chi connectivity index (χ0) is 13.1. The third-order valence-corrected chi connectivity index (χ3v) is 4.05. The fraction of sp³-hybridized carbons (Fsp3) is 0.692. The van der Waals surface area contributed by atoms with Crippen LogP contribution in [0.25, 0.3) is 0 Å². The van der Waals surface area contributed by atoms with Crippen LogP contribution in [0.2, 0.25) is 0 Å². The number of likely N-dealkylation sites (tertiary alicyclic amines) is 1. The van der Waals surface area contributed by atoms with Gasteiger partial charge in [-0.25, -0.2) is 0 Å². The van der Waals surface area contributed by atoms with Gasteiger partial charge in [-0.15, -0.1) is 0 Å². The van der Waals surface area contributed by atoms with Crippen molar-refractivity contribution >= 4 is 11.9 Å². The van der Waals surface area contributed by atoms with E-state index in [-0.39, 0.29) is 5.91 Å². The van der Waals surface area contributed by atoms with E-state index in [1.165, 1.54) is 0 Å². The molecule has 0 aromatic heterocycles. The molecule has 3 rings (SSSR count). The number of fused-ring (bicyclic) bond motifs is 1. The second kappa shape index (κ2) is 3.57. The summed E-state index contributed by atoms with van der Waals surface area (Å²) in [6.45, 7) is 5.24. The summed E-state index contributed by atoms with van der Waals surface area (Å²) in [6, 6.07) is 0. The van der Waals surface area contributed by atoms with Gasteiger partial charge in [0, 0.05) is 6.54 Å². The van der Waals surface area contributed by atoms with E-state index < -0.39 is 29.5 Å². The number of aliphatic carboxylic acids is 1. The largest absolute Gasteiger partial charge is 0.481 e. The molecule has 0 radical (unpaired) electrons. The fourth-order valence-corrected chi connectivity index (χ4v) is 3.46. The summed E-state index contributed by atoms with van der Waals surface area (Å²) < 4.78 is 5.79. The third-order valence-electron chi connectivity index (χ3n) is 4.05. The number of amides is 1. The molecule has 2 bridgehead atoms. The normalized spacial score (nSPS) is 40.9. The molecular weight excluding hydrogens is 234 g/mol. The van der Waals surface area contributed by atoms with Gasteiger partial charge >= 0.3 is 5.97 Å². The summed E-state index contributed by atoms with van der Waals surface area (Å²) in [4.78, 5) is 25.4. The molecule has 18 heavy (non-hydrogen) atoms. The Bertz CT molecular complexity index is 444. The highest BCUT2D eigenvalue weighted by atomic mass is 16.5. The Hall–Kier alpha value is -1.36. The first kappa shape index (κ1) is 11.7. The Morgan fingerprint density at radius 2 is 2.39 bits per heavy atom. The highest BCUT2D eigenvalue weighted by Gasteiger charge is 2.66. The first-order valence-electron chi connectivity index (χ1n) is 6.33. The number of ether oxygens (including phenoxy) is 1. The van der Waals surface area contributed by atoms with Crippen molar-refractivity contribution in [3.8, 4) is 0 Å². The van der Waals surface area contributed by atoms with Gasteiger partial charge in [0.15, 0.2) is 0 Å². The molecule has 0 aliphatic carbocycles. The monoisotopic (exact) mass is 251 g/mol. The Kier molecular flexibility index (Phi) is 2.32. The number of carboxylic acid groups (broad SMARTS) is 1. The van der Waals surface area contributed by atoms with Gasteiger partial charge in [0.2, 0.25) is 5.91 Å². The Balaban J connectivity index is 1.92. The van der Waals surface area contributed by atoms with Crippen molar-refractivity contribution in [2.75, 3.05) is 13.1 Å². The van der Waals surface area contributed by atoms with Crippen LogP contribution in [-0.4, -0.2) is 46.7 Å². The molecule has 98 valence electrons. The van der Waals surface area contributed by atoms with E-state index in [0.29, 0.717) is 19.0 Å². The van der Waals surface area contributed by atoms with Crippen molar-refractivity contribution < 1.29 is 19.4 Å². The molecule has 5 heteroatoms. The minimum absolute atomic E-state index is 0.0667. The van der Waals surface area contributed by atoms with Crippen LogP contribution in [0.5, 0.6) is 0 Å². The van der Waals surface area contributed by atoms with E-state index in [0.717, 1.165) is 0 Å². The molecule has 1 spiro atoms. The molecule has 0 saturated carbocycles. The highest BCUT2D eigenvalue weighted by molar-refractivity contribution is 5.90. The van der Waals surface area contributed by atoms with Gasteiger partial charge in [-0.1, -0.05) is 26.0 Å². The van der Waals surface area contributed by atoms with Crippen molar-refractivity contribution in [2.45, 2.75) is 25.6 Å². The number of carboxylic acids is 1. The van der Waals surface area contributed by atoms with E-state index >= 15 is 0 Å². The fourth-order valence-electron chi connectivity index (χ4n) is 3.46. The van der Waals surface area contributed by atoms with Crippen LogP contribution >= 0.6 is 0 Å². The smallest absolute Gasteiger partial charge is 0.310 e. The molecule has 0 aromatic rings. The van der Waals surface area contributed by atoms with Crippen LogP contribution in [0, 0.1) is 17.8 Å². The summed E-state index contributed by atoms with van der Waals surface area (Å²) in [5.41, 5.74) is -0.681. The van der Waals surface area contributed by atoms with E-state index in [1.54, 1.807) is 11.0 Å². The first-order chi connectivity index (χ1) is 8.44. The lowest BCUT2D eigenvalue weighted by Gasteiger charge is -2.22. The van der Waals surface area contributed by atoms with Gasteiger partial charge in [-0.05, 0) is 5.92 Å². The summed E-state index contributed by atoms with van der Waals surface area (Å²) in [6.07, 6.45) is 3.25. The molecule has 3 heterocycles. The maximum absolute atomic E-state index is 12.4. The average Bonchev–Trinajstić information content (AvgIpc) is 2.87. The zero-order valence-electron chi connectivity index (χ0n) is 10.5. The van der Waals surface area contributed by atoms with Crippen LogP contribution in [0.1, 0.15) is 13.8 Å². The van der Waals surface area contributed by atoms with Gasteiger partial charge < -0.3 is 14.7 Å². The molecule has 5 nitrogen and oxygen atoms in total. The number of carbonyl (C=O) groups excluding carboxylic acids is 1. The number of nitrogens with zero attached hydrogens (tertiary/aromatic N) is 1. The molecule has 4 atom stereocenters. The van der Waals surface area contributed by atoms with Gasteiger partial charge in [0.05, 0.1) is 18.6 Å². The lowest BCUT2D eigenvalue weighted by Crippen LogP contribution is -2.39. The summed E-state index contributed by atoms with van der Waals surface area (Å²) in [5, 5.41) is 9.28. The van der Waals surface area contributed by atoms with Crippen LogP contribution < -0.4 is 0 Å². The topological polar surface area (TPSA) is 66.8 Å². The van der Waals surface area contributed by atoms with Crippen molar-refractivity contribution in [1.29, 1.82) is 0 Å². The van der Waals surface area contributed by atoms with E-state index in [4.69, 9.17) is 4.74 Å². The van der Waals surface area contributed by atoms with Gasteiger partial charge in [-0.2, -0.15) is 0 Å². The minimum atomic E-state index is -0.934. The summed E-state index contributed by atoms with van der Waals surface area (Å²) in [7, 11) is 0. The van der Waals surface area contributed by atoms with E-state index in [1.807, 2.05) is 19.9 Å². The summed E-state index contributed by atoms with van der Waals surface area (Å²) >= 11 is 0. The average molecular weight is 251 g/mol. The van der Waals surface area contributed by atoms with Gasteiger partial charge in [-0.3, -0.25) is 9.59 Å². The predicted octanol–water partition coefficient (Wildman–Crippen LogP) is 0.509. The highest BCUT2D eigenvalue weighted by Crippen LogP contribution is 2.51. The Morgan fingerprint density at radius 1 is 1.67 bits per heavy atom. The molecule has 2 saturated heterocycles. The molecular formula is C13H17NO4. The first-order valence-corrected chi connectivity index (χ1v) is 6.33. The number of hydrogen-bond acceptors (Lipinski definition) is 3. The van der Waals surface area contributed by atoms with E-state index in [9.17, 15) is 14.7 Å². The van der Waals surface area contributed by atoms with Crippen LogP contribution in [-0.2, 0) is 14.3 Å². The zero-order valence-corrected chi connectivity index (χ0v) is 10.5. The van der Waals surface area contributed by atoms with Crippen LogP contribution in [0.15, 0.2) is 12.2 Å². The van der Waals surface area contributed by atoms with Crippen LogP contribution in [0.4, 0.5) is 0 Å². The van der Waals surface area contributed by atoms with Crippen molar-refractivity contribution in [1.82, 2.24) is 4.90 Å². The standard InChI is InChI=1S/C13H17NO4/c1-7(2)5-14-6-13-4-3-8(18-13)9(12(16)17)10(13)11(14)15/h3-4,7-10H,5-6H2,1-2H3,(H,16,17). The van der Waals surface area contributed by atoms with Crippen molar-refractivity contribution in [3.63, 3.8) is 0 Å². The van der Waals surface area contributed by atoms with E-state index in [2.05, 4.69) is 0 Å². The molecule has 3 aliphatic rings. The second-order valence-electron chi connectivity index (χ2n) is 5.85. The third kappa shape index (κ3) is 1.37.